The van der Waals surface area contributed by atoms with Gasteiger partial charge in [-0.15, -0.1) is 0 Å². The molecule has 1 aromatic carbocycles. The minimum atomic E-state index is -1.39. The highest BCUT2D eigenvalue weighted by molar-refractivity contribution is 5.90. The lowest BCUT2D eigenvalue weighted by Gasteiger charge is -2.23. The topological polar surface area (TPSA) is 77.8 Å². The zero-order valence-electron chi connectivity index (χ0n) is 9.35. The molecule has 92 valence electrons. The van der Waals surface area contributed by atoms with Gasteiger partial charge >= 0.3 is 12.1 Å². The van der Waals surface area contributed by atoms with Crippen LogP contribution in [0.3, 0.4) is 0 Å². The standard InChI is InChI=1S/C11H12FNO4/c1-6(2)13(11(16)17)7-3-4-8(10(14)15)9(12)5-7/h3-6H,1-2H3,(H,14,15)(H,16,17). The number of carboxylic acids is 1. The molecule has 0 saturated heterocycles. The van der Waals surface area contributed by atoms with Crippen LogP contribution in [0, 0.1) is 5.82 Å². The molecule has 0 aliphatic rings. The second kappa shape index (κ2) is 4.82. The van der Waals surface area contributed by atoms with Gasteiger partial charge < -0.3 is 10.2 Å². The van der Waals surface area contributed by atoms with Crippen LogP contribution in [0.4, 0.5) is 14.9 Å². The molecule has 0 atom stereocenters. The number of anilines is 1. The van der Waals surface area contributed by atoms with Crippen LogP contribution in [0.5, 0.6) is 0 Å². The molecule has 5 nitrogen and oxygen atoms in total. The van der Waals surface area contributed by atoms with Crippen LogP contribution >= 0.6 is 0 Å². The number of hydrogen-bond acceptors (Lipinski definition) is 2. The van der Waals surface area contributed by atoms with E-state index in [9.17, 15) is 14.0 Å². The van der Waals surface area contributed by atoms with Crippen molar-refractivity contribution in [3.05, 3.63) is 29.6 Å². The second-order valence-electron chi connectivity index (χ2n) is 3.72. The Morgan fingerprint density at radius 3 is 2.24 bits per heavy atom. The van der Waals surface area contributed by atoms with E-state index in [-0.39, 0.29) is 11.7 Å². The first kappa shape index (κ1) is 13.0. The molecule has 1 amide bonds. The fraction of sp³-hybridized carbons (Fsp3) is 0.273. The first-order chi connectivity index (χ1) is 7.84. The molecule has 0 heterocycles. The monoisotopic (exact) mass is 241 g/mol. The Morgan fingerprint density at radius 2 is 1.88 bits per heavy atom. The third-order valence-electron chi connectivity index (χ3n) is 2.18. The Kier molecular flexibility index (Phi) is 3.67. The van der Waals surface area contributed by atoms with Gasteiger partial charge in [0, 0.05) is 6.04 Å². The Bertz CT molecular complexity index is 459. The fourth-order valence-corrected chi connectivity index (χ4v) is 1.46. The maximum atomic E-state index is 13.4. The molecule has 0 radical (unpaired) electrons. The molecule has 6 heteroatoms. The van der Waals surface area contributed by atoms with Gasteiger partial charge in [0.05, 0.1) is 11.3 Å². The van der Waals surface area contributed by atoms with E-state index in [1.54, 1.807) is 13.8 Å². The van der Waals surface area contributed by atoms with Crippen LogP contribution in [-0.2, 0) is 0 Å². The number of hydrogen-bond donors (Lipinski definition) is 2. The lowest BCUT2D eigenvalue weighted by atomic mass is 10.1. The van der Waals surface area contributed by atoms with Gasteiger partial charge in [-0.2, -0.15) is 0 Å². The maximum Gasteiger partial charge on any atom is 0.412 e. The van der Waals surface area contributed by atoms with Crippen molar-refractivity contribution in [2.45, 2.75) is 19.9 Å². The summed E-state index contributed by atoms with van der Waals surface area (Å²) in [7, 11) is 0. The maximum absolute atomic E-state index is 13.4. The number of carbonyl (C=O) groups is 2. The molecule has 0 aromatic heterocycles. The molecule has 0 saturated carbocycles. The van der Waals surface area contributed by atoms with Crippen LogP contribution in [-0.4, -0.2) is 28.3 Å². The molecule has 17 heavy (non-hydrogen) atoms. The molecule has 0 aliphatic carbocycles. The van der Waals surface area contributed by atoms with Crippen molar-refractivity contribution in [2.24, 2.45) is 0 Å². The summed E-state index contributed by atoms with van der Waals surface area (Å²) < 4.78 is 13.4. The Morgan fingerprint density at radius 1 is 1.29 bits per heavy atom. The summed E-state index contributed by atoms with van der Waals surface area (Å²) in [5, 5.41) is 17.6. The molecule has 0 bridgehead atoms. The number of aromatic carboxylic acids is 1. The number of rotatable bonds is 3. The number of halogens is 1. The third-order valence-corrected chi connectivity index (χ3v) is 2.18. The van der Waals surface area contributed by atoms with Crippen LogP contribution in [0.1, 0.15) is 24.2 Å². The summed E-state index contributed by atoms with van der Waals surface area (Å²) in [5.41, 5.74) is -0.377. The van der Waals surface area contributed by atoms with Gasteiger partial charge in [-0.1, -0.05) is 0 Å². The van der Waals surface area contributed by atoms with Crippen LogP contribution in [0.2, 0.25) is 0 Å². The zero-order chi connectivity index (χ0) is 13.2. The molecule has 1 rings (SSSR count). The Balaban J connectivity index is 3.20. The van der Waals surface area contributed by atoms with E-state index in [1.165, 1.54) is 6.07 Å². The van der Waals surface area contributed by atoms with Crippen molar-refractivity contribution in [1.82, 2.24) is 0 Å². The van der Waals surface area contributed by atoms with Crippen LogP contribution < -0.4 is 4.90 Å². The summed E-state index contributed by atoms with van der Waals surface area (Å²) in [4.78, 5) is 22.5. The second-order valence-corrected chi connectivity index (χ2v) is 3.72. The molecule has 0 aliphatic heterocycles. The lowest BCUT2D eigenvalue weighted by molar-refractivity contribution is 0.0692. The van der Waals surface area contributed by atoms with Crippen molar-refractivity contribution >= 4 is 17.7 Å². The average molecular weight is 241 g/mol. The summed E-state index contributed by atoms with van der Waals surface area (Å²) in [5.74, 6) is -2.35. The first-order valence-electron chi connectivity index (χ1n) is 4.89. The predicted molar refractivity (Wildman–Crippen MR) is 59.0 cm³/mol. The Labute approximate surface area is 97.1 Å². The van der Waals surface area contributed by atoms with E-state index in [0.717, 1.165) is 17.0 Å². The minimum Gasteiger partial charge on any atom is -0.478 e. The van der Waals surface area contributed by atoms with Gasteiger partial charge in [0.15, 0.2) is 0 Å². The molecular formula is C11H12FNO4. The number of carboxylic acid groups (broad SMARTS) is 2. The molecule has 2 N–H and O–H groups in total. The van der Waals surface area contributed by atoms with Crippen molar-refractivity contribution < 1.29 is 24.2 Å². The molecule has 1 aromatic rings. The van der Waals surface area contributed by atoms with Crippen LogP contribution in [0.25, 0.3) is 0 Å². The molecule has 0 unspecified atom stereocenters. The quantitative estimate of drug-likeness (QED) is 0.851. The van der Waals surface area contributed by atoms with E-state index in [4.69, 9.17) is 10.2 Å². The van der Waals surface area contributed by atoms with Gasteiger partial charge in [-0.05, 0) is 32.0 Å². The SMILES string of the molecule is CC(C)N(C(=O)O)c1ccc(C(=O)O)c(F)c1. The van der Waals surface area contributed by atoms with Gasteiger partial charge in [0.25, 0.3) is 0 Å². The molecular weight excluding hydrogens is 229 g/mol. The van der Waals surface area contributed by atoms with Gasteiger partial charge in [-0.3, -0.25) is 4.90 Å². The average Bonchev–Trinajstić information content (AvgIpc) is 2.15. The number of nitrogens with zero attached hydrogens (tertiary/aromatic N) is 1. The summed E-state index contributed by atoms with van der Waals surface area (Å²) in [6.45, 7) is 3.27. The van der Waals surface area contributed by atoms with Crippen molar-refractivity contribution in [3.8, 4) is 0 Å². The fourth-order valence-electron chi connectivity index (χ4n) is 1.46. The highest BCUT2D eigenvalue weighted by atomic mass is 19.1. The summed E-state index contributed by atoms with van der Waals surface area (Å²) >= 11 is 0. The van der Waals surface area contributed by atoms with Gasteiger partial charge in [0.2, 0.25) is 0 Å². The van der Waals surface area contributed by atoms with Gasteiger partial charge in [0.1, 0.15) is 5.82 Å². The first-order valence-corrected chi connectivity index (χ1v) is 4.89. The van der Waals surface area contributed by atoms with E-state index < -0.39 is 23.4 Å². The van der Waals surface area contributed by atoms with Gasteiger partial charge in [-0.25, -0.2) is 14.0 Å². The summed E-state index contributed by atoms with van der Waals surface area (Å²) in [6.07, 6.45) is -1.22. The molecule has 0 spiro atoms. The van der Waals surface area contributed by atoms with E-state index in [0.29, 0.717) is 0 Å². The Hall–Kier alpha value is -2.11. The van der Waals surface area contributed by atoms with Crippen molar-refractivity contribution in [2.75, 3.05) is 4.90 Å². The smallest absolute Gasteiger partial charge is 0.412 e. The predicted octanol–water partition coefficient (Wildman–Crippen LogP) is 2.42. The highest BCUT2D eigenvalue weighted by Gasteiger charge is 2.20. The largest absolute Gasteiger partial charge is 0.478 e. The van der Waals surface area contributed by atoms with Crippen molar-refractivity contribution in [1.29, 1.82) is 0 Å². The minimum absolute atomic E-state index is 0.106. The number of amides is 1. The van der Waals surface area contributed by atoms with E-state index in [2.05, 4.69) is 0 Å². The van der Waals surface area contributed by atoms with Crippen LogP contribution in [0.15, 0.2) is 18.2 Å². The summed E-state index contributed by atoms with van der Waals surface area (Å²) in [6, 6.07) is 2.84. The normalized spacial score (nSPS) is 10.4. The lowest BCUT2D eigenvalue weighted by Crippen LogP contribution is -2.35. The molecule has 0 fully saturated rings. The third kappa shape index (κ3) is 2.72. The van der Waals surface area contributed by atoms with E-state index in [1.807, 2.05) is 0 Å². The highest BCUT2D eigenvalue weighted by Crippen LogP contribution is 2.21. The van der Waals surface area contributed by atoms with Crippen molar-refractivity contribution in [3.63, 3.8) is 0 Å². The number of benzene rings is 1. The zero-order valence-corrected chi connectivity index (χ0v) is 9.35. The van der Waals surface area contributed by atoms with E-state index >= 15 is 0 Å².